The second-order valence-corrected chi connectivity index (χ2v) is 5.30. The fourth-order valence-corrected chi connectivity index (χ4v) is 2.69. The molecular weight excluding hydrogens is 246 g/mol. The van der Waals surface area contributed by atoms with Crippen LogP contribution in [0.5, 0.6) is 5.75 Å². The van der Waals surface area contributed by atoms with E-state index >= 15 is 0 Å². The molecule has 1 heterocycles. The van der Waals surface area contributed by atoms with Crippen molar-refractivity contribution in [1.82, 2.24) is 5.32 Å². The SMILES string of the molecule is CCc1cc(OCCCC2CCCN2)ccc1Cl. The van der Waals surface area contributed by atoms with Crippen LogP contribution in [0.1, 0.15) is 38.2 Å². The molecule has 0 radical (unpaired) electrons. The quantitative estimate of drug-likeness (QED) is 0.792. The molecule has 1 aromatic carbocycles. The Morgan fingerprint density at radius 1 is 1.44 bits per heavy atom. The Bertz CT molecular complexity index is 375. The first-order valence-corrected chi connectivity index (χ1v) is 7.32. The Kier molecular flexibility index (Phi) is 5.33. The third kappa shape index (κ3) is 3.89. The number of hydrogen-bond acceptors (Lipinski definition) is 2. The van der Waals surface area contributed by atoms with Gasteiger partial charge in [-0.2, -0.15) is 0 Å². The second kappa shape index (κ2) is 7.01. The number of ether oxygens (including phenoxy) is 1. The molecule has 2 rings (SSSR count). The van der Waals surface area contributed by atoms with Crippen LogP contribution in [0.3, 0.4) is 0 Å². The predicted molar refractivity (Wildman–Crippen MR) is 76.6 cm³/mol. The van der Waals surface area contributed by atoms with Gasteiger partial charge in [-0.05, 0) is 62.4 Å². The minimum absolute atomic E-state index is 0.713. The van der Waals surface area contributed by atoms with E-state index in [1.165, 1.54) is 25.8 Å². The lowest BCUT2D eigenvalue weighted by Gasteiger charge is -2.11. The van der Waals surface area contributed by atoms with Crippen molar-refractivity contribution >= 4 is 11.6 Å². The minimum atomic E-state index is 0.713. The molecule has 0 saturated carbocycles. The molecule has 1 unspecified atom stereocenters. The van der Waals surface area contributed by atoms with Gasteiger partial charge in [-0.25, -0.2) is 0 Å². The van der Waals surface area contributed by atoms with E-state index in [1.54, 1.807) is 0 Å². The normalized spacial score (nSPS) is 19.1. The van der Waals surface area contributed by atoms with Crippen LogP contribution < -0.4 is 10.1 Å². The molecule has 100 valence electrons. The molecule has 18 heavy (non-hydrogen) atoms. The Morgan fingerprint density at radius 2 is 2.33 bits per heavy atom. The highest BCUT2D eigenvalue weighted by Gasteiger charge is 2.12. The lowest BCUT2D eigenvalue weighted by atomic mass is 10.1. The van der Waals surface area contributed by atoms with Crippen LogP contribution in [-0.4, -0.2) is 19.2 Å². The lowest BCUT2D eigenvalue weighted by Crippen LogP contribution is -2.21. The second-order valence-electron chi connectivity index (χ2n) is 4.89. The average molecular weight is 268 g/mol. The summed E-state index contributed by atoms with van der Waals surface area (Å²) >= 11 is 6.08. The molecule has 0 bridgehead atoms. The molecule has 1 saturated heterocycles. The summed E-state index contributed by atoms with van der Waals surface area (Å²) in [5, 5.41) is 4.34. The van der Waals surface area contributed by atoms with Crippen molar-refractivity contribution in [3.05, 3.63) is 28.8 Å². The van der Waals surface area contributed by atoms with Crippen molar-refractivity contribution in [1.29, 1.82) is 0 Å². The average Bonchev–Trinajstić information content (AvgIpc) is 2.89. The van der Waals surface area contributed by atoms with Gasteiger partial charge in [0.15, 0.2) is 0 Å². The van der Waals surface area contributed by atoms with Gasteiger partial charge in [-0.3, -0.25) is 0 Å². The summed E-state index contributed by atoms with van der Waals surface area (Å²) in [6, 6.07) is 6.64. The van der Waals surface area contributed by atoms with Gasteiger partial charge in [0.05, 0.1) is 6.61 Å². The monoisotopic (exact) mass is 267 g/mol. The fourth-order valence-electron chi connectivity index (χ4n) is 2.43. The van der Waals surface area contributed by atoms with Crippen molar-refractivity contribution in [3.63, 3.8) is 0 Å². The third-order valence-corrected chi connectivity index (χ3v) is 3.89. The first-order chi connectivity index (χ1) is 8.79. The van der Waals surface area contributed by atoms with E-state index in [0.717, 1.165) is 35.8 Å². The molecule has 1 aromatic rings. The van der Waals surface area contributed by atoms with E-state index in [9.17, 15) is 0 Å². The van der Waals surface area contributed by atoms with Gasteiger partial charge in [0.2, 0.25) is 0 Å². The molecule has 1 N–H and O–H groups in total. The van der Waals surface area contributed by atoms with Gasteiger partial charge >= 0.3 is 0 Å². The van der Waals surface area contributed by atoms with E-state index in [1.807, 2.05) is 12.1 Å². The molecule has 3 heteroatoms. The smallest absolute Gasteiger partial charge is 0.119 e. The van der Waals surface area contributed by atoms with Crippen molar-refractivity contribution in [2.24, 2.45) is 0 Å². The molecule has 0 amide bonds. The summed E-state index contributed by atoms with van der Waals surface area (Å²) in [7, 11) is 0. The van der Waals surface area contributed by atoms with Crippen LogP contribution in [0, 0.1) is 0 Å². The molecule has 2 nitrogen and oxygen atoms in total. The molecule has 1 aliphatic rings. The summed E-state index contributed by atoms with van der Waals surface area (Å²) in [6.45, 7) is 4.09. The Hall–Kier alpha value is -0.730. The number of rotatable bonds is 6. The van der Waals surface area contributed by atoms with E-state index in [0.29, 0.717) is 6.04 Å². The van der Waals surface area contributed by atoms with Crippen LogP contribution in [-0.2, 0) is 6.42 Å². The van der Waals surface area contributed by atoms with Gasteiger partial charge in [0, 0.05) is 11.1 Å². The summed E-state index contributed by atoms with van der Waals surface area (Å²) in [5.41, 5.74) is 1.16. The van der Waals surface area contributed by atoms with Crippen LogP contribution >= 0.6 is 11.6 Å². The van der Waals surface area contributed by atoms with Crippen LogP contribution in [0.15, 0.2) is 18.2 Å². The maximum Gasteiger partial charge on any atom is 0.119 e. The van der Waals surface area contributed by atoms with Crippen molar-refractivity contribution < 1.29 is 4.74 Å². The molecule has 1 fully saturated rings. The largest absolute Gasteiger partial charge is 0.494 e. The van der Waals surface area contributed by atoms with E-state index < -0.39 is 0 Å². The van der Waals surface area contributed by atoms with Crippen LogP contribution in [0.25, 0.3) is 0 Å². The molecule has 1 aliphatic heterocycles. The van der Waals surface area contributed by atoms with E-state index in [2.05, 4.69) is 18.3 Å². The van der Waals surface area contributed by atoms with Gasteiger partial charge < -0.3 is 10.1 Å². The van der Waals surface area contributed by atoms with Crippen molar-refractivity contribution in [2.75, 3.05) is 13.2 Å². The zero-order valence-corrected chi connectivity index (χ0v) is 11.8. The maximum absolute atomic E-state index is 6.08. The van der Waals surface area contributed by atoms with Gasteiger partial charge in [0.25, 0.3) is 0 Å². The lowest BCUT2D eigenvalue weighted by molar-refractivity contribution is 0.298. The number of aryl methyl sites for hydroxylation is 1. The van der Waals surface area contributed by atoms with E-state index in [4.69, 9.17) is 16.3 Å². The van der Waals surface area contributed by atoms with Crippen molar-refractivity contribution in [2.45, 2.75) is 45.1 Å². The van der Waals surface area contributed by atoms with Gasteiger partial charge in [-0.1, -0.05) is 18.5 Å². The highest BCUT2D eigenvalue weighted by atomic mass is 35.5. The number of halogens is 1. The standard InChI is InChI=1S/C15H22ClNO/c1-2-12-11-14(7-8-15(12)16)18-10-4-6-13-5-3-9-17-13/h7-8,11,13,17H,2-6,9-10H2,1H3. The summed E-state index contributed by atoms with van der Waals surface area (Å²) < 4.78 is 5.78. The third-order valence-electron chi connectivity index (χ3n) is 3.53. The maximum atomic E-state index is 6.08. The number of nitrogens with one attached hydrogen (secondary N) is 1. The fraction of sp³-hybridized carbons (Fsp3) is 0.600. The zero-order valence-electron chi connectivity index (χ0n) is 11.0. The van der Waals surface area contributed by atoms with Crippen LogP contribution in [0.4, 0.5) is 0 Å². The summed E-state index contributed by atoms with van der Waals surface area (Å²) in [4.78, 5) is 0. The zero-order chi connectivity index (χ0) is 12.8. The molecule has 0 aliphatic carbocycles. The van der Waals surface area contributed by atoms with Crippen molar-refractivity contribution in [3.8, 4) is 5.75 Å². The first-order valence-electron chi connectivity index (χ1n) is 6.94. The van der Waals surface area contributed by atoms with E-state index in [-0.39, 0.29) is 0 Å². The topological polar surface area (TPSA) is 21.3 Å². The highest BCUT2D eigenvalue weighted by molar-refractivity contribution is 6.31. The summed E-state index contributed by atoms with van der Waals surface area (Å²) in [5.74, 6) is 0.940. The molecule has 0 spiro atoms. The highest BCUT2D eigenvalue weighted by Crippen LogP contribution is 2.22. The Morgan fingerprint density at radius 3 is 3.06 bits per heavy atom. The van der Waals surface area contributed by atoms with Crippen LogP contribution in [0.2, 0.25) is 5.02 Å². The minimum Gasteiger partial charge on any atom is -0.494 e. The van der Waals surface area contributed by atoms with Gasteiger partial charge in [-0.15, -0.1) is 0 Å². The summed E-state index contributed by atoms with van der Waals surface area (Å²) in [6.07, 6.45) is 5.92. The van der Waals surface area contributed by atoms with Gasteiger partial charge in [0.1, 0.15) is 5.75 Å². The Labute approximate surface area is 115 Å². The predicted octanol–water partition coefficient (Wildman–Crippen LogP) is 3.81. The number of benzene rings is 1. The first kappa shape index (κ1) is 13.7. The molecule has 1 atom stereocenters. The number of hydrogen-bond donors (Lipinski definition) is 1. The molecule has 0 aromatic heterocycles. The molecular formula is C15H22ClNO. The Balaban J connectivity index is 1.72.